The van der Waals surface area contributed by atoms with Gasteiger partial charge in [0.2, 0.25) is 11.8 Å². The van der Waals surface area contributed by atoms with E-state index in [1.165, 1.54) is 12.1 Å². The van der Waals surface area contributed by atoms with Crippen molar-refractivity contribution in [2.24, 2.45) is 0 Å². The summed E-state index contributed by atoms with van der Waals surface area (Å²) in [5.74, 6) is -0.519. The molecule has 5 nitrogen and oxygen atoms in total. The molecule has 166 valence electrons. The summed E-state index contributed by atoms with van der Waals surface area (Å²) in [5, 5.41) is 0. The van der Waals surface area contributed by atoms with Crippen molar-refractivity contribution in [2.75, 3.05) is 11.4 Å². The molecule has 1 unspecified atom stereocenters. The topological polar surface area (TPSA) is 45.6 Å². The number of halogens is 1. The monoisotopic (exact) mass is 433 g/mol. The predicted molar refractivity (Wildman–Crippen MR) is 123 cm³/mol. The highest BCUT2D eigenvalue weighted by atomic mass is 19.1. The summed E-state index contributed by atoms with van der Waals surface area (Å²) in [6.45, 7) is 5.79. The van der Waals surface area contributed by atoms with E-state index in [0.29, 0.717) is 6.42 Å². The standard InChI is InChI=1S/C26H28FN3O2/c1-4-8-24(31)29(18(2)3)17-25(32)30-22-10-6-5-9-21(22)28-16-7-11-23(28)26(30)19-12-14-20(27)15-13-19/h5-7,9-16,18,26H,4,8,17H2,1-3H3. The van der Waals surface area contributed by atoms with Crippen molar-refractivity contribution >= 4 is 17.5 Å². The van der Waals surface area contributed by atoms with E-state index in [1.54, 1.807) is 21.9 Å². The lowest BCUT2D eigenvalue weighted by Gasteiger charge is -2.40. The van der Waals surface area contributed by atoms with Crippen molar-refractivity contribution in [2.45, 2.75) is 45.7 Å². The molecule has 3 aromatic rings. The second kappa shape index (κ2) is 8.99. The Hall–Kier alpha value is -3.41. The number of amides is 2. The molecule has 0 saturated heterocycles. The second-order valence-electron chi connectivity index (χ2n) is 8.37. The molecule has 4 rings (SSSR count). The summed E-state index contributed by atoms with van der Waals surface area (Å²) in [7, 11) is 0. The van der Waals surface area contributed by atoms with Crippen LogP contribution in [0.3, 0.4) is 0 Å². The summed E-state index contributed by atoms with van der Waals surface area (Å²) < 4.78 is 15.7. The average molecular weight is 434 g/mol. The van der Waals surface area contributed by atoms with Gasteiger partial charge in [0.15, 0.2) is 0 Å². The molecular formula is C26H28FN3O2. The van der Waals surface area contributed by atoms with Crippen LogP contribution < -0.4 is 4.90 Å². The third-order valence-corrected chi connectivity index (χ3v) is 5.89. The minimum absolute atomic E-state index is 0.0107. The van der Waals surface area contributed by atoms with Gasteiger partial charge in [-0.1, -0.05) is 31.2 Å². The van der Waals surface area contributed by atoms with E-state index in [4.69, 9.17) is 0 Å². The highest BCUT2D eigenvalue weighted by Crippen LogP contribution is 2.42. The summed E-state index contributed by atoms with van der Waals surface area (Å²) in [5.41, 5.74) is 3.39. The van der Waals surface area contributed by atoms with E-state index in [2.05, 4.69) is 4.57 Å². The number of rotatable bonds is 6. The van der Waals surface area contributed by atoms with Gasteiger partial charge in [-0.05, 0) is 62.2 Å². The summed E-state index contributed by atoms with van der Waals surface area (Å²) >= 11 is 0. The molecule has 1 aromatic heterocycles. The van der Waals surface area contributed by atoms with Gasteiger partial charge in [-0.15, -0.1) is 0 Å². The van der Waals surface area contributed by atoms with Crippen LogP contribution in [0.1, 0.15) is 50.9 Å². The van der Waals surface area contributed by atoms with E-state index in [9.17, 15) is 14.0 Å². The first kappa shape index (κ1) is 21.8. The van der Waals surface area contributed by atoms with Crippen LogP contribution in [0.15, 0.2) is 66.9 Å². The van der Waals surface area contributed by atoms with Crippen LogP contribution in [0.5, 0.6) is 0 Å². The van der Waals surface area contributed by atoms with Crippen LogP contribution in [-0.4, -0.2) is 33.9 Å². The molecule has 2 aromatic carbocycles. The van der Waals surface area contributed by atoms with Gasteiger partial charge in [0, 0.05) is 18.7 Å². The van der Waals surface area contributed by atoms with E-state index < -0.39 is 6.04 Å². The Kier molecular flexibility index (Phi) is 6.12. The quantitative estimate of drug-likeness (QED) is 0.544. The smallest absolute Gasteiger partial charge is 0.247 e. The zero-order valence-electron chi connectivity index (χ0n) is 18.7. The first-order chi connectivity index (χ1) is 15.4. The van der Waals surface area contributed by atoms with Crippen LogP contribution in [-0.2, 0) is 9.59 Å². The van der Waals surface area contributed by atoms with E-state index >= 15 is 0 Å². The first-order valence-corrected chi connectivity index (χ1v) is 11.1. The third-order valence-electron chi connectivity index (χ3n) is 5.89. The van der Waals surface area contributed by atoms with E-state index in [-0.39, 0.29) is 30.2 Å². The van der Waals surface area contributed by atoms with E-state index in [0.717, 1.165) is 29.1 Å². The summed E-state index contributed by atoms with van der Waals surface area (Å²) in [6.07, 6.45) is 3.11. The molecule has 0 aliphatic carbocycles. The molecule has 2 heterocycles. The maximum Gasteiger partial charge on any atom is 0.247 e. The lowest BCUT2D eigenvalue weighted by Crippen LogP contribution is -2.48. The molecule has 32 heavy (non-hydrogen) atoms. The van der Waals surface area contributed by atoms with Crippen LogP contribution in [0.2, 0.25) is 0 Å². The zero-order chi connectivity index (χ0) is 22.8. The number of fused-ring (bicyclic) bond motifs is 3. The van der Waals surface area contributed by atoms with Gasteiger partial charge in [-0.3, -0.25) is 14.5 Å². The lowest BCUT2D eigenvalue weighted by atomic mass is 9.97. The molecule has 1 atom stereocenters. The highest BCUT2D eigenvalue weighted by molar-refractivity contribution is 6.00. The number of benzene rings is 2. The largest absolute Gasteiger partial charge is 0.331 e. The fourth-order valence-corrected chi connectivity index (χ4v) is 4.36. The van der Waals surface area contributed by atoms with Crippen LogP contribution in [0.4, 0.5) is 10.1 Å². The molecule has 0 bridgehead atoms. The number of carbonyl (C=O) groups excluding carboxylic acids is 2. The van der Waals surface area contributed by atoms with Crippen LogP contribution in [0.25, 0.3) is 5.69 Å². The molecular weight excluding hydrogens is 405 g/mol. The molecule has 0 fully saturated rings. The van der Waals surface area contributed by atoms with Gasteiger partial charge in [-0.2, -0.15) is 0 Å². The van der Waals surface area contributed by atoms with Crippen molar-refractivity contribution in [1.29, 1.82) is 0 Å². The van der Waals surface area contributed by atoms with E-state index in [1.807, 2.05) is 63.4 Å². The van der Waals surface area contributed by atoms with Crippen LogP contribution in [0, 0.1) is 5.82 Å². The Morgan fingerprint density at radius 1 is 1.00 bits per heavy atom. The van der Waals surface area contributed by atoms with Gasteiger partial charge < -0.3 is 9.47 Å². The number of nitrogens with zero attached hydrogens (tertiary/aromatic N) is 3. The van der Waals surface area contributed by atoms with Gasteiger partial charge in [0.25, 0.3) is 0 Å². The van der Waals surface area contributed by atoms with Crippen molar-refractivity contribution in [3.05, 3.63) is 83.9 Å². The number of hydrogen-bond donors (Lipinski definition) is 0. The number of anilines is 1. The van der Waals surface area contributed by atoms with Gasteiger partial charge in [0.1, 0.15) is 18.4 Å². The van der Waals surface area contributed by atoms with Crippen LogP contribution >= 0.6 is 0 Å². The minimum atomic E-state index is -0.428. The minimum Gasteiger partial charge on any atom is -0.331 e. The molecule has 0 spiro atoms. The Morgan fingerprint density at radius 2 is 1.69 bits per heavy atom. The Labute approximate surface area is 188 Å². The lowest BCUT2D eigenvalue weighted by molar-refractivity contribution is -0.137. The first-order valence-electron chi connectivity index (χ1n) is 11.1. The second-order valence-corrected chi connectivity index (χ2v) is 8.37. The maximum atomic E-state index is 13.8. The van der Waals surface area contributed by atoms with Gasteiger partial charge in [-0.25, -0.2) is 4.39 Å². The normalized spacial score (nSPS) is 14.8. The SMILES string of the molecule is CCCC(=O)N(CC(=O)N1c2ccccc2-n2cccc2C1c1ccc(F)cc1)C(C)C. The molecule has 1 aliphatic rings. The maximum absolute atomic E-state index is 13.8. The molecule has 0 saturated carbocycles. The van der Waals surface area contributed by atoms with Crippen molar-refractivity contribution in [3.8, 4) is 5.69 Å². The van der Waals surface area contributed by atoms with Gasteiger partial charge in [0.05, 0.1) is 17.1 Å². The fourth-order valence-electron chi connectivity index (χ4n) is 4.36. The third kappa shape index (κ3) is 3.93. The fraction of sp³-hybridized carbons (Fsp3) is 0.308. The molecule has 0 N–H and O–H groups in total. The van der Waals surface area contributed by atoms with Gasteiger partial charge >= 0.3 is 0 Å². The predicted octanol–water partition coefficient (Wildman–Crippen LogP) is 5.09. The number of hydrogen-bond acceptors (Lipinski definition) is 2. The van der Waals surface area contributed by atoms with Crippen molar-refractivity contribution < 1.29 is 14.0 Å². The average Bonchev–Trinajstić information content (AvgIpc) is 3.27. The summed E-state index contributed by atoms with van der Waals surface area (Å²) in [6, 6.07) is 17.4. The highest BCUT2D eigenvalue weighted by Gasteiger charge is 2.37. The number of para-hydroxylation sites is 2. The Balaban J connectivity index is 1.80. The molecule has 0 radical (unpaired) electrons. The van der Waals surface area contributed by atoms with Crippen molar-refractivity contribution in [3.63, 3.8) is 0 Å². The molecule has 2 amide bonds. The molecule has 6 heteroatoms. The Morgan fingerprint density at radius 3 is 2.34 bits per heavy atom. The number of aromatic nitrogens is 1. The summed E-state index contributed by atoms with van der Waals surface area (Å²) in [4.78, 5) is 29.9. The van der Waals surface area contributed by atoms with Crippen molar-refractivity contribution in [1.82, 2.24) is 9.47 Å². The Bertz CT molecular complexity index is 1120. The molecule has 1 aliphatic heterocycles. The zero-order valence-corrected chi connectivity index (χ0v) is 18.7. The number of carbonyl (C=O) groups is 2.